The lowest BCUT2D eigenvalue weighted by Gasteiger charge is -2.19. The summed E-state index contributed by atoms with van der Waals surface area (Å²) < 4.78 is 28.6. The highest BCUT2D eigenvalue weighted by Crippen LogP contribution is 2.24. The van der Waals surface area contributed by atoms with Gasteiger partial charge < -0.3 is 9.73 Å². The molecule has 112 valence electrons. The van der Waals surface area contributed by atoms with Crippen LogP contribution in [0.1, 0.15) is 23.8 Å². The van der Waals surface area contributed by atoms with E-state index in [0.717, 1.165) is 17.7 Å². The van der Waals surface area contributed by atoms with Gasteiger partial charge in [-0.15, -0.1) is 0 Å². The fourth-order valence-corrected chi connectivity index (χ4v) is 4.66. The molecule has 1 aliphatic rings. The van der Waals surface area contributed by atoms with Crippen molar-refractivity contribution in [1.82, 2.24) is 5.32 Å². The molecule has 1 saturated heterocycles. The Labute approximate surface area is 125 Å². The monoisotopic (exact) mass is 305 g/mol. The van der Waals surface area contributed by atoms with Gasteiger partial charge in [0.1, 0.15) is 5.76 Å². The molecule has 1 fully saturated rings. The summed E-state index contributed by atoms with van der Waals surface area (Å²) in [5.41, 5.74) is 1.12. The van der Waals surface area contributed by atoms with Crippen LogP contribution in [0.4, 0.5) is 0 Å². The van der Waals surface area contributed by atoms with Crippen LogP contribution < -0.4 is 5.32 Å². The molecule has 0 aliphatic carbocycles. The summed E-state index contributed by atoms with van der Waals surface area (Å²) in [4.78, 5) is 0. The Morgan fingerprint density at radius 1 is 1.19 bits per heavy atom. The van der Waals surface area contributed by atoms with E-state index in [4.69, 9.17) is 4.42 Å². The number of furan rings is 1. The van der Waals surface area contributed by atoms with Gasteiger partial charge in [-0.05, 0) is 36.6 Å². The highest BCUT2D eigenvalue weighted by Gasteiger charge is 2.28. The number of hydrogen-bond acceptors (Lipinski definition) is 4. The first kappa shape index (κ1) is 14.4. The van der Waals surface area contributed by atoms with Gasteiger partial charge in [0.2, 0.25) is 0 Å². The summed E-state index contributed by atoms with van der Waals surface area (Å²) in [6.45, 7) is 0.680. The van der Waals surface area contributed by atoms with Crippen molar-refractivity contribution >= 4 is 9.84 Å². The largest absolute Gasteiger partial charge is 0.467 e. The van der Waals surface area contributed by atoms with Crippen LogP contribution in [-0.4, -0.2) is 26.5 Å². The molecule has 2 unspecified atom stereocenters. The smallest absolute Gasteiger partial charge is 0.150 e. The van der Waals surface area contributed by atoms with Gasteiger partial charge in [-0.3, -0.25) is 0 Å². The molecule has 4 nitrogen and oxygen atoms in total. The number of benzene rings is 1. The molecular weight excluding hydrogens is 286 g/mol. The zero-order chi connectivity index (χ0) is 14.7. The maximum absolute atomic E-state index is 11.5. The van der Waals surface area contributed by atoms with Crippen molar-refractivity contribution < 1.29 is 12.8 Å². The van der Waals surface area contributed by atoms with Gasteiger partial charge in [-0.2, -0.15) is 0 Å². The average molecular weight is 305 g/mol. The Balaban J connectivity index is 1.72. The van der Waals surface area contributed by atoms with Crippen LogP contribution in [0, 0.1) is 5.92 Å². The molecule has 1 aromatic heterocycles. The van der Waals surface area contributed by atoms with Gasteiger partial charge in [-0.1, -0.05) is 30.3 Å². The van der Waals surface area contributed by atoms with Crippen molar-refractivity contribution in [3.05, 3.63) is 60.1 Å². The minimum absolute atomic E-state index is 0.0375. The summed E-state index contributed by atoms with van der Waals surface area (Å²) in [6, 6.07) is 13.8. The second-order valence-electron chi connectivity index (χ2n) is 5.54. The van der Waals surface area contributed by atoms with Crippen LogP contribution in [0.3, 0.4) is 0 Å². The Kier molecular flexibility index (Phi) is 4.12. The van der Waals surface area contributed by atoms with E-state index in [2.05, 4.69) is 5.32 Å². The highest BCUT2D eigenvalue weighted by molar-refractivity contribution is 7.91. The summed E-state index contributed by atoms with van der Waals surface area (Å²) in [5, 5.41) is 3.46. The molecule has 0 saturated carbocycles. The second-order valence-corrected chi connectivity index (χ2v) is 7.77. The Morgan fingerprint density at radius 2 is 2.00 bits per heavy atom. The van der Waals surface area contributed by atoms with Crippen molar-refractivity contribution in [3.8, 4) is 0 Å². The van der Waals surface area contributed by atoms with Crippen LogP contribution in [0.5, 0.6) is 0 Å². The maximum Gasteiger partial charge on any atom is 0.150 e. The molecule has 2 atom stereocenters. The van der Waals surface area contributed by atoms with Gasteiger partial charge in [0.05, 0.1) is 23.8 Å². The molecule has 0 bridgehead atoms. The summed E-state index contributed by atoms with van der Waals surface area (Å²) in [6.07, 6.45) is 2.40. The number of sulfone groups is 1. The molecule has 0 radical (unpaired) electrons. The highest BCUT2D eigenvalue weighted by atomic mass is 32.2. The van der Waals surface area contributed by atoms with E-state index < -0.39 is 9.84 Å². The molecule has 5 heteroatoms. The molecule has 0 amide bonds. The third-order valence-corrected chi connectivity index (χ3v) is 5.73. The Morgan fingerprint density at radius 3 is 2.62 bits per heavy atom. The zero-order valence-corrected chi connectivity index (χ0v) is 12.6. The van der Waals surface area contributed by atoms with Crippen molar-refractivity contribution in [1.29, 1.82) is 0 Å². The molecule has 1 N–H and O–H groups in total. The van der Waals surface area contributed by atoms with Crippen LogP contribution in [0.2, 0.25) is 0 Å². The van der Waals surface area contributed by atoms with Crippen molar-refractivity contribution in [2.45, 2.75) is 12.5 Å². The van der Waals surface area contributed by atoms with Crippen LogP contribution in [0.15, 0.2) is 53.1 Å². The first-order valence-electron chi connectivity index (χ1n) is 7.16. The van der Waals surface area contributed by atoms with Gasteiger partial charge in [0, 0.05) is 0 Å². The van der Waals surface area contributed by atoms with E-state index in [9.17, 15) is 8.42 Å². The minimum Gasteiger partial charge on any atom is -0.467 e. The lowest BCUT2D eigenvalue weighted by Crippen LogP contribution is -2.28. The van der Waals surface area contributed by atoms with Crippen molar-refractivity contribution in [3.63, 3.8) is 0 Å². The molecular formula is C16H19NO3S. The molecule has 2 aromatic rings. The van der Waals surface area contributed by atoms with E-state index >= 15 is 0 Å². The molecule has 1 aromatic carbocycles. The van der Waals surface area contributed by atoms with Crippen LogP contribution in [0.25, 0.3) is 0 Å². The van der Waals surface area contributed by atoms with Gasteiger partial charge in [-0.25, -0.2) is 8.42 Å². The summed E-state index contributed by atoms with van der Waals surface area (Å²) in [7, 11) is -2.83. The number of hydrogen-bond donors (Lipinski definition) is 1. The fraction of sp³-hybridized carbons (Fsp3) is 0.375. The quantitative estimate of drug-likeness (QED) is 0.921. The number of rotatable bonds is 5. The second kappa shape index (κ2) is 6.03. The first-order valence-corrected chi connectivity index (χ1v) is 8.98. The summed E-state index contributed by atoms with van der Waals surface area (Å²) >= 11 is 0. The SMILES string of the molecule is O=S1(=O)CCC(CNC(c2ccccc2)c2ccco2)C1. The van der Waals surface area contributed by atoms with Crippen LogP contribution in [-0.2, 0) is 9.84 Å². The fourth-order valence-electron chi connectivity index (χ4n) is 2.80. The average Bonchev–Trinajstić information content (AvgIpc) is 3.10. The third kappa shape index (κ3) is 3.54. The molecule has 3 rings (SSSR count). The normalized spacial score (nSPS) is 22.2. The van der Waals surface area contributed by atoms with E-state index in [1.165, 1.54) is 0 Å². The predicted molar refractivity (Wildman–Crippen MR) is 81.8 cm³/mol. The summed E-state index contributed by atoms with van der Waals surface area (Å²) in [5.74, 6) is 1.65. The van der Waals surface area contributed by atoms with E-state index in [0.29, 0.717) is 18.1 Å². The molecule has 0 spiro atoms. The van der Waals surface area contributed by atoms with E-state index in [1.807, 2.05) is 42.5 Å². The van der Waals surface area contributed by atoms with Crippen molar-refractivity contribution in [2.24, 2.45) is 5.92 Å². The third-order valence-electron chi connectivity index (χ3n) is 3.90. The Bertz CT molecular complexity index is 665. The topological polar surface area (TPSA) is 59.3 Å². The lowest BCUT2D eigenvalue weighted by molar-refractivity contribution is 0.420. The van der Waals surface area contributed by atoms with Crippen molar-refractivity contribution in [2.75, 3.05) is 18.1 Å². The van der Waals surface area contributed by atoms with Gasteiger partial charge in [0.15, 0.2) is 9.84 Å². The maximum atomic E-state index is 11.5. The zero-order valence-electron chi connectivity index (χ0n) is 11.7. The number of nitrogens with one attached hydrogen (secondary N) is 1. The first-order chi connectivity index (χ1) is 10.1. The van der Waals surface area contributed by atoms with Gasteiger partial charge >= 0.3 is 0 Å². The van der Waals surface area contributed by atoms with E-state index in [1.54, 1.807) is 6.26 Å². The lowest BCUT2D eigenvalue weighted by atomic mass is 10.0. The molecule has 2 heterocycles. The standard InChI is InChI=1S/C16H19NO3S/c18-21(19)10-8-13(12-21)11-17-16(15-7-4-9-20-15)14-5-2-1-3-6-14/h1-7,9,13,16-17H,8,10-12H2. The Hall–Kier alpha value is -1.59. The molecule has 21 heavy (non-hydrogen) atoms. The molecule has 1 aliphatic heterocycles. The minimum atomic E-state index is -2.83. The van der Waals surface area contributed by atoms with E-state index in [-0.39, 0.29) is 12.0 Å². The van der Waals surface area contributed by atoms with Crippen LogP contribution >= 0.6 is 0 Å². The van der Waals surface area contributed by atoms with Gasteiger partial charge in [0.25, 0.3) is 0 Å². The predicted octanol–water partition coefficient (Wildman–Crippen LogP) is 2.39.